The maximum atomic E-state index is 5.64. The molecule has 0 bridgehead atoms. The Morgan fingerprint density at radius 1 is 1.25 bits per heavy atom. The first-order chi connectivity index (χ1) is 11.8. The number of para-hydroxylation sites is 1. The second kappa shape index (κ2) is 10.9. The van der Waals surface area contributed by atoms with Crippen molar-refractivity contribution < 1.29 is 9.47 Å². The molecule has 0 radical (unpaired) electrons. The molecule has 5 heteroatoms. The predicted molar refractivity (Wildman–Crippen MR) is 98.8 cm³/mol. The van der Waals surface area contributed by atoms with E-state index in [0.717, 1.165) is 63.3 Å². The second-order valence-electron chi connectivity index (χ2n) is 6.12. The van der Waals surface area contributed by atoms with E-state index in [1.54, 1.807) is 7.11 Å². The van der Waals surface area contributed by atoms with Gasteiger partial charge in [-0.2, -0.15) is 0 Å². The monoisotopic (exact) mass is 333 g/mol. The molecule has 0 amide bonds. The van der Waals surface area contributed by atoms with E-state index in [0.29, 0.717) is 0 Å². The number of nitrogens with one attached hydrogen (secondary N) is 2. The largest absolute Gasteiger partial charge is 0.496 e. The van der Waals surface area contributed by atoms with Gasteiger partial charge in [0.25, 0.3) is 0 Å². The molecule has 2 rings (SSSR count). The minimum Gasteiger partial charge on any atom is -0.496 e. The number of ether oxygens (including phenoxy) is 2. The molecule has 1 aliphatic rings. The van der Waals surface area contributed by atoms with E-state index in [2.05, 4.69) is 28.6 Å². The molecule has 0 heterocycles. The average molecular weight is 333 g/mol. The van der Waals surface area contributed by atoms with E-state index in [9.17, 15) is 0 Å². The van der Waals surface area contributed by atoms with Gasteiger partial charge >= 0.3 is 0 Å². The Balaban J connectivity index is 1.66. The molecule has 1 fully saturated rings. The molecular weight excluding hydrogens is 302 g/mol. The third-order valence-corrected chi connectivity index (χ3v) is 3.99. The van der Waals surface area contributed by atoms with Crippen molar-refractivity contribution in [3.63, 3.8) is 0 Å². The first-order valence-electron chi connectivity index (χ1n) is 9.05. The Morgan fingerprint density at radius 2 is 2.08 bits per heavy atom. The summed E-state index contributed by atoms with van der Waals surface area (Å²) in [5.74, 6) is 2.64. The standard InChI is InChI=1S/C19H31N3O2/c1-3-20-19(21-12-6-14-24-15-16-9-10-16)22-13-11-17-7-4-5-8-18(17)23-2/h4-5,7-8,16H,3,6,9-15H2,1-2H3,(H2,20,21,22). The van der Waals surface area contributed by atoms with Crippen LogP contribution in [-0.4, -0.2) is 45.9 Å². The molecule has 0 spiro atoms. The summed E-state index contributed by atoms with van der Waals surface area (Å²) in [6.07, 6.45) is 4.56. The van der Waals surface area contributed by atoms with Gasteiger partial charge < -0.3 is 20.1 Å². The number of methoxy groups -OCH3 is 1. The minimum absolute atomic E-state index is 0.786. The molecule has 1 aliphatic carbocycles. The van der Waals surface area contributed by atoms with E-state index >= 15 is 0 Å². The van der Waals surface area contributed by atoms with E-state index in [1.807, 2.05) is 18.2 Å². The molecule has 0 atom stereocenters. The summed E-state index contributed by atoms with van der Waals surface area (Å²) in [7, 11) is 1.71. The van der Waals surface area contributed by atoms with Crippen LogP contribution in [0.1, 0.15) is 31.7 Å². The maximum Gasteiger partial charge on any atom is 0.191 e. The first-order valence-corrected chi connectivity index (χ1v) is 9.05. The van der Waals surface area contributed by atoms with Crippen molar-refractivity contribution in [3.8, 4) is 5.75 Å². The van der Waals surface area contributed by atoms with Crippen LogP contribution in [0.15, 0.2) is 29.3 Å². The number of guanidine groups is 1. The molecule has 0 unspecified atom stereocenters. The van der Waals surface area contributed by atoms with Gasteiger partial charge in [-0.15, -0.1) is 0 Å². The Morgan fingerprint density at radius 3 is 2.83 bits per heavy atom. The van der Waals surface area contributed by atoms with Crippen molar-refractivity contribution in [1.82, 2.24) is 10.6 Å². The van der Waals surface area contributed by atoms with Crippen LogP contribution in [0, 0.1) is 5.92 Å². The molecular formula is C19H31N3O2. The minimum atomic E-state index is 0.786. The fraction of sp³-hybridized carbons (Fsp3) is 0.632. The van der Waals surface area contributed by atoms with Gasteiger partial charge in [0, 0.05) is 32.8 Å². The zero-order chi connectivity index (χ0) is 17.0. The highest BCUT2D eigenvalue weighted by atomic mass is 16.5. The first kappa shape index (κ1) is 18.6. The van der Waals surface area contributed by atoms with Crippen LogP contribution in [-0.2, 0) is 11.2 Å². The molecule has 1 aromatic carbocycles. The summed E-state index contributed by atoms with van der Waals surface area (Å²) < 4.78 is 11.0. The molecule has 0 aromatic heterocycles. The van der Waals surface area contributed by atoms with Crippen LogP contribution >= 0.6 is 0 Å². The maximum absolute atomic E-state index is 5.64. The Bertz CT molecular complexity index is 501. The number of benzene rings is 1. The number of rotatable bonds is 11. The summed E-state index contributed by atoms with van der Waals surface area (Å²) >= 11 is 0. The lowest BCUT2D eigenvalue weighted by atomic mass is 10.1. The van der Waals surface area contributed by atoms with Gasteiger partial charge in [-0.25, -0.2) is 0 Å². The van der Waals surface area contributed by atoms with Gasteiger partial charge in [0.2, 0.25) is 0 Å². The summed E-state index contributed by atoms with van der Waals surface area (Å²) in [5, 5.41) is 6.67. The molecule has 24 heavy (non-hydrogen) atoms. The second-order valence-corrected chi connectivity index (χ2v) is 6.12. The normalized spacial score (nSPS) is 14.5. The van der Waals surface area contributed by atoms with Gasteiger partial charge in [0.1, 0.15) is 5.75 Å². The lowest BCUT2D eigenvalue weighted by Crippen LogP contribution is -2.38. The van der Waals surface area contributed by atoms with E-state index < -0.39 is 0 Å². The zero-order valence-electron chi connectivity index (χ0n) is 15.0. The molecule has 1 saturated carbocycles. The number of hydrogen-bond acceptors (Lipinski definition) is 3. The molecule has 0 saturated heterocycles. The molecule has 2 N–H and O–H groups in total. The highest BCUT2D eigenvalue weighted by Crippen LogP contribution is 2.28. The Kier molecular flexibility index (Phi) is 8.46. The Labute approximate surface area is 145 Å². The fourth-order valence-electron chi connectivity index (χ4n) is 2.46. The van der Waals surface area contributed by atoms with Crippen LogP contribution in [0.2, 0.25) is 0 Å². The van der Waals surface area contributed by atoms with Gasteiger partial charge in [-0.05, 0) is 50.2 Å². The van der Waals surface area contributed by atoms with Gasteiger partial charge in [0.05, 0.1) is 7.11 Å². The Hall–Kier alpha value is -1.75. The SMILES string of the molecule is CCNC(=NCCCOCC1CC1)NCCc1ccccc1OC. The zero-order valence-corrected chi connectivity index (χ0v) is 15.0. The molecule has 1 aromatic rings. The van der Waals surface area contributed by atoms with Crippen molar-refractivity contribution in [2.45, 2.75) is 32.6 Å². The van der Waals surface area contributed by atoms with Gasteiger partial charge in [-0.3, -0.25) is 4.99 Å². The average Bonchev–Trinajstić information content (AvgIpc) is 3.42. The highest BCUT2D eigenvalue weighted by molar-refractivity contribution is 5.79. The van der Waals surface area contributed by atoms with Crippen molar-refractivity contribution in [1.29, 1.82) is 0 Å². The van der Waals surface area contributed by atoms with Crippen LogP contribution in [0.5, 0.6) is 5.75 Å². The number of hydrogen-bond donors (Lipinski definition) is 2. The summed E-state index contributed by atoms with van der Waals surface area (Å²) in [6.45, 7) is 6.29. The summed E-state index contributed by atoms with van der Waals surface area (Å²) in [6, 6.07) is 8.13. The van der Waals surface area contributed by atoms with E-state index in [-0.39, 0.29) is 0 Å². The van der Waals surface area contributed by atoms with Gasteiger partial charge in [0.15, 0.2) is 5.96 Å². The van der Waals surface area contributed by atoms with E-state index in [4.69, 9.17) is 9.47 Å². The third-order valence-electron chi connectivity index (χ3n) is 3.99. The fourth-order valence-corrected chi connectivity index (χ4v) is 2.46. The van der Waals surface area contributed by atoms with Gasteiger partial charge in [-0.1, -0.05) is 18.2 Å². The smallest absolute Gasteiger partial charge is 0.191 e. The molecule has 5 nitrogen and oxygen atoms in total. The van der Waals surface area contributed by atoms with Crippen molar-refractivity contribution in [2.75, 3.05) is 40.0 Å². The van der Waals surface area contributed by atoms with E-state index in [1.165, 1.54) is 18.4 Å². The van der Waals surface area contributed by atoms with Crippen molar-refractivity contribution in [3.05, 3.63) is 29.8 Å². The van der Waals surface area contributed by atoms with Crippen molar-refractivity contribution >= 4 is 5.96 Å². The van der Waals surface area contributed by atoms with Crippen LogP contribution in [0.25, 0.3) is 0 Å². The number of nitrogens with zero attached hydrogens (tertiary/aromatic N) is 1. The molecule has 134 valence electrons. The summed E-state index contributed by atoms with van der Waals surface area (Å²) in [5.41, 5.74) is 1.21. The van der Waals surface area contributed by atoms with Crippen LogP contribution in [0.4, 0.5) is 0 Å². The lowest BCUT2D eigenvalue weighted by Gasteiger charge is -2.12. The van der Waals surface area contributed by atoms with Crippen molar-refractivity contribution in [2.24, 2.45) is 10.9 Å². The molecule has 0 aliphatic heterocycles. The van der Waals surface area contributed by atoms with Crippen LogP contribution < -0.4 is 15.4 Å². The predicted octanol–water partition coefficient (Wildman–Crippen LogP) is 2.61. The lowest BCUT2D eigenvalue weighted by molar-refractivity contribution is 0.123. The third kappa shape index (κ3) is 7.21. The topological polar surface area (TPSA) is 54.9 Å². The van der Waals surface area contributed by atoms with Crippen LogP contribution in [0.3, 0.4) is 0 Å². The highest BCUT2D eigenvalue weighted by Gasteiger charge is 2.20. The quantitative estimate of drug-likeness (QED) is 0.371. The number of aliphatic imine (C=N–C) groups is 1. The summed E-state index contributed by atoms with van der Waals surface area (Å²) in [4.78, 5) is 4.60.